The van der Waals surface area contributed by atoms with E-state index in [1.54, 1.807) is 6.08 Å². The summed E-state index contributed by atoms with van der Waals surface area (Å²) in [7, 11) is 0. The molecule has 0 aliphatic carbocycles. The highest BCUT2D eigenvalue weighted by Gasteiger charge is 2.06. The third-order valence-electron chi connectivity index (χ3n) is 3.15. The Morgan fingerprint density at radius 1 is 1.17 bits per heavy atom. The van der Waals surface area contributed by atoms with Crippen molar-refractivity contribution < 1.29 is 18.7 Å². The van der Waals surface area contributed by atoms with E-state index in [0.29, 0.717) is 5.56 Å². The van der Waals surface area contributed by atoms with Crippen molar-refractivity contribution in [1.82, 2.24) is 5.32 Å². The van der Waals surface area contributed by atoms with Gasteiger partial charge in [0, 0.05) is 12.1 Å². The Morgan fingerprint density at radius 2 is 1.92 bits per heavy atom. The van der Waals surface area contributed by atoms with Crippen molar-refractivity contribution in [2.45, 2.75) is 6.61 Å². The van der Waals surface area contributed by atoms with Gasteiger partial charge in [-0.3, -0.25) is 4.79 Å². The molecular formula is C18H17FN2O3. The molecule has 0 aromatic heterocycles. The monoisotopic (exact) mass is 328 g/mol. The van der Waals surface area contributed by atoms with Crippen molar-refractivity contribution >= 4 is 18.1 Å². The van der Waals surface area contributed by atoms with Gasteiger partial charge in [-0.25, -0.2) is 9.18 Å². The lowest BCUT2D eigenvalue weighted by Gasteiger charge is -2.05. The lowest BCUT2D eigenvalue weighted by molar-refractivity contribution is 0.1000. The van der Waals surface area contributed by atoms with Gasteiger partial charge in [0.05, 0.1) is 0 Å². The molecule has 0 spiro atoms. The molecule has 0 bridgehead atoms. The first-order chi connectivity index (χ1) is 11.6. The van der Waals surface area contributed by atoms with Crippen LogP contribution in [0, 0.1) is 5.82 Å². The topological polar surface area (TPSA) is 81.4 Å². The maximum atomic E-state index is 13.2. The van der Waals surface area contributed by atoms with Crippen LogP contribution in [0.15, 0.2) is 54.6 Å². The van der Waals surface area contributed by atoms with Crippen LogP contribution >= 0.6 is 0 Å². The third-order valence-corrected chi connectivity index (χ3v) is 3.15. The number of hydrogen-bond acceptors (Lipinski definition) is 3. The highest BCUT2D eigenvalue weighted by Crippen LogP contribution is 2.12. The lowest BCUT2D eigenvalue weighted by Crippen LogP contribution is -2.24. The van der Waals surface area contributed by atoms with Gasteiger partial charge in [0.15, 0.2) is 0 Å². The average Bonchev–Trinajstić information content (AvgIpc) is 2.57. The van der Waals surface area contributed by atoms with Gasteiger partial charge in [-0.15, -0.1) is 0 Å². The predicted molar refractivity (Wildman–Crippen MR) is 88.6 cm³/mol. The first kappa shape index (κ1) is 17.2. The van der Waals surface area contributed by atoms with Crippen molar-refractivity contribution in [2.24, 2.45) is 5.73 Å². The fraction of sp³-hybridized carbons (Fsp3) is 0.111. The molecule has 3 N–H and O–H groups in total. The van der Waals surface area contributed by atoms with E-state index in [1.807, 2.05) is 30.3 Å². The molecule has 2 amide bonds. The summed E-state index contributed by atoms with van der Waals surface area (Å²) in [5.74, 6) is -1.13. The molecule has 0 fully saturated rings. The van der Waals surface area contributed by atoms with E-state index >= 15 is 0 Å². The number of amides is 2. The van der Waals surface area contributed by atoms with Gasteiger partial charge < -0.3 is 15.8 Å². The molecule has 6 heteroatoms. The van der Waals surface area contributed by atoms with E-state index in [1.165, 1.54) is 18.2 Å². The Kier molecular flexibility index (Phi) is 6.08. The van der Waals surface area contributed by atoms with Gasteiger partial charge in [-0.2, -0.15) is 0 Å². The van der Waals surface area contributed by atoms with E-state index in [-0.39, 0.29) is 18.7 Å². The van der Waals surface area contributed by atoms with Gasteiger partial charge in [-0.1, -0.05) is 42.5 Å². The van der Waals surface area contributed by atoms with Crippen LogP contribution < -0.4 is 11.1 Å². The van der Waals surface area contributed by atoms with Gasteiger partial charge in [0.2, 0.25) is 5.91 Å². The van der Waals surface area contributed by atoms with E-state index in [4.69, 9.17) is 10.5 Å². The molecule has 0 unspecified atom stereocenters. The molecule has 0 radical (unpaired) electrons. The molecular weight excluding hydrogens is 311 g/mol. The van der Waals surface area contributed by atoms with Gasteiger partial charge >= 0.3 is 6.09 Å². The minimum Gasteiger partial charge on any atom is -0.445 e. The molecule has 2 aromatic carbocycles. The fourth-order valence-electron chi connectivity index (χ4n) is 2.00. The highest BCUT2D eigenvalue weighted by molar-refractivity contribution is 5.96. The quantitative estimate of drug-likeness (QED) is 0.855. The van der Waals surface area contributed by atoms with Crippen molar-refractivity contribution in [3.8, 4) is 0 Å². The zero-order valence-corrected chi connectivity index (χ0v) is 12.9. The first-order valence-corrected chi connectivity index (χ1v) is 7.26. The number of halogens is 1. The van der Waals surface area contributed by atoms with E-state index in [2.05, 4.69) is 5.32 Å². The third kappa shape index (κ3) is 5.24. The second-order valence-corrected chi connectivity index (χ2v) is 4.94. The molecule has 0 atom stereocenters. The number of ether oxygens (including phenoxy) is 1. The number of nitrogens with one attached hydrogen (secondary N) is 1. The Bertz CT molecular complexity index is 745. The van der Waals surface area contributed by atoms with E-state index in [0.717, 1.165) is 11.6 Å². The van der Waals surface area contributed by atoms with Crippen LogP contribution in [-0.4, -0.2) is 18.5 Å². The summed E-state index contributed by atoms with van der Waals surface area (Å²) in [5.41, 5.74) is 6.67. The normalized spacial score (nSPS) is 10.5. The Hall–Kier alpha value is -3.15. The number of alkyl carbamates (subject to hydrolysis) is 1. The Labute approximate surface area is 138 Å². The van der Waals surface area contributed by atoms with Crippen LogP contribution in [0.25, 0.3) is 6.08 Å². The number of nitrogens with two attached hydrogens (primary N) is 1. The van der Waals surface area contributed by atoms with Crippen LogP contribution in [0.4, 0.5) is 9.18 Å². The van der Waals surface area contributed by atoms with Crippen molar-refractivity contribution in [3.05, 3.63) is 77.1 Å². The van der Waals surface area contributed by atoms with Crippen molar-refractivity contribution in [3.63, 3.8) is 0 Å². The number of primary amides is 1. The lowest BCUT2D eigenvalue weighted by atomic mass is 10.1. The van der Waals surface area contributed by atoms with E-state index in [9.17, 15) is 14.0 Å². The molecule has 24 heavy (non-hydrogen) atoms. The minimum absolute atomic E-state index is 0.169. The van der Waals surface area contributed by atoms with Crippen LogP contribution in [0.5, 0.6) is 0 Å². The van der Waals surface area contributed by atoms with Crippen LogP contribution in [0.3, 0.4) is 0 Å². The second-order valence-electron chi connectivity index (χ2n) is 4.94. The molecule has 2 rings (SSSR count). The predicted octanol–water partition coefficient (Wildman–Crippen LogP) is 2.86. The zero-order valence-electron chi connectivity index (χ0n) is 12.9. The summed E-state index contributed by atoms with van der Waals surface area (Å²) in [6.07, 6.45) is 2.52. The summed E-state index contributed by atoms with van der Waals surface area (Å²) in [5, 5.41) is 2.53. The van der Waals surface area contributed by atoms with Crippen LogP contribution in [0.2, 0.25) is 0 Å². The Morgan fingerprint density at radius 3 is 2.62 bits per heavy atom. The molecule has 2 aromatic rings. The average molecular weight is 328 g/mol. The smallest absolute Gasteiger partial charge is 0.407 e. The number of hydrogen-bond donors (Lipinski definition) is 2. The number of benzene rings is 2. The highest BCUT2D eigenvalue weighted by atomic mass is 19.1. The molecule has 0 aliphatic heterocycles. The number of carbonyl (C=O) groups excluding carboxylic acids is 2. The van der Waals surface area contributed by atoms with Gasteiger partial charge in [0.25, 0.3) is 0 Å². The molecule has 0 saturated heterocycles. The number of rotatable bonds is 6. The maximum absolute atomic E-state index is 13.2. The molecule has 0 aliphatic rings. The zero-order chi connectivity index (χ0) is 17.4. The maximum Gasteiger partial charge on any atom is 0.407 e. The summed E-state index contributed by atoms with van der Waals surface area (Å²) in [4.78, 5) is 22.8. The van der Waals surface area contributed by atoms with Crippen LogP contribution in [-0.2, 0) is 11.3 Å². The van der Waals surface area contributed by atoms with Crippen LogP contribution in [0.1, 0.15) is 21.5 Å². The minimum atomic E-state index is -0.648. The van der Waals surface area contributed by atoms with Crippen molar-refractivity contribution in [2.75, 3.05) is 6.54 Å². The van der Waals surface area contributed by atoms with Gasteiger partial charge in [-0.05, 0) is 29.3 Å². The summed E-state index contributed by atoms with van der Waals surface area (Å²) >= 11 is 0. The first-order valence-electron chi connectivity index (χ1n) is 7.26. The molecule has 0 heterocycles. The summed E-state index contributed by atoms with van der Waals surface area (Å²) in [6.45, 7) is 0.342. The Balaban J connectivity index is 1.83. The van der Waals surface area contributed by atoms with E-state index < -0.39 is 17.8 Å². The van der Waals surface area contributed by atoms with Gasteiger partial charge in [0.1, 0.15) is 12.4 Å². The SMILES string of the molecule is NC(=O)c1ccc(F)cc1C=CCNC(=O)OCc1ccccc1. The fourth-order valence-corrected chi connectivity index (χ4v) is 2.00. The number of carbonyl (C=O) groups is 2. The van der Waals surface area contributed by atoms with Crippen molar-refractivity contribution in [1.29, 1.82) is 0 Å². The summed E-state index contributed by atoms with van der Waals surface area (Å²) < 4.78 is 18.3. The summed E-state index contributed by atoms with van der Waals surface area (Å²) in [6, 6.07) is 13.0. The standard InChI is InChI=1S/C18H17FN2O3/c19-15-8-9-16(17(20)22)14(11-15)7-4-10-21-18(23)24-12-13-5-2-1-3-6-13/h1-9,11H,10,12H2,(H2,20,22)(H,21,23). The second kappa shape index (κ2) is 8.47. The molecule has 0 saturated carbocycles. The molecule has 124 valence electrons. The molecule has 5 nitrogen and oxygen atoms in total. The largest absolute Gasteiger partial charge is 0.445 e.